The highest BCUT2D eigenvalue weighted by Crippen LogP contribution is 2.26. The van der Waals surface area contributed by atoms with Crippen LogP contribution in [0.25, 0.3) is 0 Å². The largest absolute Gasteiger partial charge is 0.457 e. The van der Waals surface area contributed by atoms with Gasteiger partial charge in [-0.1, -0.05) is 159 Å². The van der Waals surface area contributed by atoms with E-state index >= 15 is 0 Å². The summed E-state index contributed by atoms with van der Waals surface area (Å²) in [5, 5.41) is 30.6. The first-order valence-electron chi connectivity index (χ1n) is 21.9. The predicted octanol–water partition coefficient (Wildman–Crippen LogP) is 8.80. The first-order chi connectivity index (χ1) is 27.6. The number of unbranched alkanes of at least 4 members (excludes halogenated alkanes) is 16. The van der Waals surface area contributed by atoms with Crippen LogP contribution < -0.4 is 0 Å². The maximum Gasteiger partial charge on any atom is 0.397 e. The van der Waals surface area contributed by atoms with Crippen molar-refractivity contribution in [2.24, 2.45) is 0 Å². The van der Waals surface area contributed by atoms with Gasteiger partial charge in [0.05, 0.1) is 19.8 Å². The fraction of sp³-hybridized carbons (Fsp3) is 0.795. The zero-order valence-corrected chi connectivity index (χ0v) is 36.0. The van der Waals surface area contributed by atoms with Crippen LogP contribution in [0.4, 0.5) is 0 Å². The van der Waals surface area contributed by atoms with Gasteiger partial charge in [-0.25, -0.2) is 4.18 Å². The minimum Gasteiger partial charge on any atom is -0.457 e. The van der Waals surface area contributed by atoms with Crippen molar-refractivity contribution in [3.8, 4) is 0 Å². The van der Waals surface area contributed by atoms with Gasteiger partial charge in [-0.05, 0) is 44.9 Å². The Morgan fingerprint density at radius 3 is 1.70 bits per heavy atom. The van der Waals surface area contributed by atoms with Crippen LogP contribution in [0.5, 0.6) is 0 Å². The fourth-order valence-corrected chi connectivity index (χ4v) is 6.95. The van der Waals surface area contributed by atoms with E-state index in [1.165, 1.54) is 77.0 Å². The van der Waals surface area contributed by atoms with Gasteiger partial charge in [0.15, 0.2) is 6.29 Å². The van der Waals surface area contributed by atoms with E-state index in [-0.39, 0.29) is 19.6 Å². The third-order valence-corrected chi connectivity index (χ3v) is 10.2. The summed E-state index contributed by atoms with van der Waals surface area (Å²) in [5.41, 5.74) is 0. The summed E-state index contributed by atoms with van der Waals surface area (Å²) < 4.78 is 58.9. The Morgan fingerprint density at radius 2 is 1.19 bits per heavy atom. The number of aliphatic hydroxyl groups excluding tert-OH is 3. The highest BCUT2D eigenvalue weighted by Gasteiger charge is 2.48. The highest BCUT2D eigenvalue weighted by molar-refractivity contribution is 7.80. The van der Waals surface area contributed by atoms with E-state index in [1.54, 1.807) is 0 Å². The molecule has 0 aromatic carbocycles. The van der Waals surface area contributed by atoms with Crippen LogP contribution in [0.1, 0.15) is 162 Å². The lowest BCUT2D eigenvalue weighted by Crippen LogP contribution is -2.60. The van der Waals surface area contributed by atoms with Crippen molar-refractivity contribution in [3.63, 3.8) is 0 Å². The molecule has 0 aromatic rings. The van der Waals surface area contributed by atoms with Crippen LogP contribution in [-0.4, -0.2) is 97.5 Å². The molecule has 1 aliphatic rings. The standard InChI is InChI=1S/C44H78O12S/c1-3-5-7-9-11-13-15-17-19-20-21-23-25-27-29-31-33-40(46)54-38(36-52-34-32-30-28-26-24-22-18-16-14-12-10-8-6-4-2)37-53-44-42(48)43(56-57(49,50)51)41(47)39(35-45)55-44/h6,8,12,14,18,22,26,28,38-39,41-45,47-48H,3-5,7,9-11,13,15-17,19-21,23-25,27,29-37H2,1-2H3,(H,49,50,51)/b8-6-,14-12-,22-18-,28-26-. The van der Waals surface area contributed by atoms with Crippen molar-refractivity contribution in [2.45, 2.75) is 198 Å². The van der Waals surface area contributed by atoms with E-state index in [4.69, 9.17) is 23.5 Å². The van der Waals surface area contributed by atoms with Crippen LogP contribution in [0.15, 0.2) is 48.6 Å². The minimum atomic E-state index is -5.07. The summed E-state index contributed by atoms with van der Waals surface area (Å²) in [7, 11) is -5.07. The van der Waals surface area contributed by atoms with Crippen molar-refractivity contribution in [1.29, 1.82) is 0 Å². The summed E-state index contributed by atoms with van der Waals surface area (Å²) in [5.74, 6) is -0.418. The molecule has 0 aromatic heterocycles. The number of esters is 1. The maximum atomic E-state index is 12.8. The Bertz CT molecular complexity index is 1190. The smallest absolute Gasteiger partial charge is 0.397 e. The summed E-state index contributed by atoms with van der Waals surface area (Å²) in [6.07, 6.45) is 33.0. The average molecular weight is 831 g/mol. The first-order valence-corrected chi connectivity index (χ1v) is 23.3. The van der Waals surface area contributed by atoms with E-state index in [9.17, 15) is 28.5 Å². The molecule has 0 amide bonds. The molecule has 57 heavy (non-hydrogen) atoms. The normalized spacial score (nSPS) is 21.1. The van der Waals surface area contributed by atoms with Crippen molar-refractivity contribution >= 4 is 16.4 Å². The van der Waals surface area contributed by atoms with Gasteiger partial charge in [0.25, 0.3) is 0 Å². The number of carbonyl (C=O) groups is 1. The molecule has 1 heterocycles. The number of carbonyl (C=O) groups excluding carboxylic acids is 1. The van der Waals surface area contributed by atoms with Crippen molar-refractivity contribution in [1.82, 2.24) is 0 Å². The number of hydrogen-bond donors (Lipinski definition) is 4. The lowest BCUT2D eigenvalue weighted by Gasteiger charge is -2.41. The molecular formula is C44H78O12S. The molecule has 0 bridgehead atoms. The van der Waals surface area contributed by atoms with Gasteiger partial charge in [0, 0.05) is 13.0 Å². The third kappa shape index (κ3) is 29.8. The van der Waals surface area contributed by atoms with Gasteiger partial charge < -0.3 is 34.3 Å². The Morgan fingerprint density at radius 1 is 0.684 bits per heavy atom. The molecule has 12 nitrogen and oxygen atoms in total. The molecule has 4 N–H and O–H groups in total. The number of aliphatic hydroxyl groups is 3. The zero-order valence-electron chi connectivity index (χ0n) is 35.1. The Balaban J connectivity index is 2.48. The zero-order chi connectivity index (χ0) is 41.8. The lowest BCUT2D eigenvalue weighted by molar-refractivity contribution is -0.301. The summed E-state index contributed by atoms with van der Waals surface area (Å²) in [6, 6.07) is 0. The SMILES string of the molecule is CC/C=C\C/C=C\C/C=C\C/C=C\CCCOCC(COC1OC(CO)C(O)C(OS(=O)(=O)O)C1O)OC(=O)CCCCCCCCCCCCCCCCCC. The Labute approximate surface area is 345 Å². The molecule has 1 rings (SSSR count). The number of rotatable bonds is 37. The van der Waals surface area contributed by atoms with Gasteiger partial charge >= 0.3 is 16.4 Å². The topological polar surface area (TPSA) is 178 Å². The third-order valence-electron chi connectivity index (χ3n) is 9.72. The average Bonchev–Trinajstić information content (AvgIpc) is 3.18. The van der Waals surface area contributed by atoms with E-state index in [0.29, 0.717) is 13.0 Å². The molecule has 0 aliphatic carbocycles. The van der Waals surface area contributed by atoms with Gasteiger partial charge in [0.1, 0.15) is 30.5 Å². The molecular weight excluding hydrogens is 753 g/mol. The maximum absolute atomic E-state index is 12.8. The second kappa shape index (κ2) is 36.0. The minimum absolute atomic E-state index is 0.00127. The Hall–Kier alpha value is -1.94. The van der Waals surface area contributed by atoms with Gasteiger partial charge in [-0.15, -0.1) is 0 Å². The van der Waals surface area contributed by atoms with Gasteiger partial charge in [-0.3, -0.25) is 9.35 Å². The molecule has 1 fully saturated rings. The molecule has 1 saturated heterocycles. The second-order valence-corrected chi connectivity index (χ2v) is 16.0. The van der Waals surface area contributed by atoms with Crippen LogP contribution in [-0.2, 0) is 38.3 Å². The molecule has 6 atom stereocenters. The van der Waals surface area contributed by atoms with Crippen LogP contribution in [0.3, 0.4) is 0 Å². The van der Waals surface area contributed by atoms with Crippen LogP contribution in [0, 0.1) is 0 Å². The molecule has 6 unspecified atom stereocenters. The van der Waals surface area contributed by atoms with Gasteiger partial charge in [0.2, 0.25) is 0 Å². The molecule has 0 saturated carbocycles. The number of ether oxygens (including phenoxy) is 4. The van der Waals surface area contributed by atoms with Crippen molar-refractivity contribution in [3.05, 3.63) is 48.6 Å². The first kappa shape index (κ1) is 53.1. The fourth-order valence-electron chi connectivity index (χ4n) is 6.44. The molecule has 0 radical (unpaired) electrons. The van der Waals surface area contributed by atoms with Crippen LogP contribution in [0.2, 0.25) is 0 Å². The quantitative estimate of drug-likeness (QED) is 0.0203. The molecule has 13 heteroatoms. The lowest BCUT2D eigenvalue weighted by atomic mass is 9.99. The molecule has 0 spiro atoms. The van der Waals surface area contributed by atoms with Gasteiger partial charge in [-0.2, -0.15) is 8.42 Å². The predicted molar refractivity (Wildman–Crippen MR) is 225 cm³/mol. The van der Waals surface area contributed by atoms with E-state index in [0.717, 1.165) is 57.8 Å². The second-order valence-electron chi connectivity index (χ2n) is 14.9. The van der Waals surface area contributed by atoms with E-state index < -0.39 is 59.8 Å². The molecule has 332 valence electrons. The van der Waals surface area contributed by atoms with E-state index in [1.807, 2.05) is 0 Å². The summed E-state index contributed by atoms with van der Waals surface area (Å²) in [4.78, 5) is 12.8. The summed E-state index contributed by atoms with van der Waals surface area (Å²) >= 11 is 0. The highest BCUT2D eigenvalue weighted by atomic mass is 32.3. The van der Waals surface area contributed by atoms with E-state index in [2.05, 4.69) is 66.6 Å². The number of hydrogen-bond acceptors (Lipinski definition) is 11. The van der Waals surface area contributed by atoms with Crippen LogP contribution >= 0.6 is 0 Å². The van der Waals surface area contributed by atoms with Crippen molar-refractivity contribution < 1.29 is 56.2 Å². The monoisotopic (exact) mass is 831 g/mol. The molecule has 1 aliphatic heterocycles. The summed E-state index contributed by atoms with van der Waals surface area (Å²) in [6.45, 7) is 3.73. The van der Waals surface area contributed by atoms with Crippen molar-refractivity contribution in [2.75, 3.05) is 26.4 Å². The Kier molecular flexibility index (Phi) is 33.5. The number of allylic oxidation sites excluding steroid dienone is 8.